The van der Waals surface area contributed by atoms with Crippen LogP contribution >= 0.6 is 0 Å². The first-order valence-corrected chi connectivity index (χ1v) is 6.83. The van der Waals surface area contributed by atoms with Crippen LogP contribution in [0.1, 0.15) is 6.42 Å². The number of hydrogen-bond acceptors (Lipinski definition) is 4. The van der Waals surface area contributed by atoms with Gasteiger partial charge in [-0.15, -0.1) is 0 Å². The smallest absolute Gasteiger partial charge is 0.328 e. The summed E-state index contributed by atoms with van der Waals surface area (Å²) in [5.41, 5.74) is 0.768. The van der Waals surface area contributed by atoms with E-state index in [-0.39, 0.29) is 18.9 Å². The van der Waals surface area contributed by atoms with Crippen molar-refractivity contribution in [2.24, 2.45) is 0 Å². The lowest BCUT2D eigenvalue weighted by Gasteiger charge is -2.13. The molecule has 0 atom stereocenters. The van der Waals surface area contributed by atoms with Gasteiger partial charge in [-0.05, 0) is 24.3 Å². The van der Waals surface area contributed by atoms with Gasteiger partial charge in [0.25, 0.3) is 5.56 Å². The van der Waals surface area contributed by atoms with Gasteiger partial charge in [-0.25, -0.2) is 4.79 Å². The van der Waals surface area contributed by atoms with Gasteiger partial charge < -0.3 is 14.8 Å². The zero-order valence-corrected chi connectivity index (χ0v) is 12.5. The number of hydrogen-bond donors (Lipinski definition) is 2. The third-order valence-corrected chi connectivity index (χ3v) is 3.14. The summed E-state index contributed by atoms with van der Waals surface area (Å²) in [7, 11) is 3.88. The Morgan fingerprint density at radius 1 is 1.18 bits per heavy atom. The first-order valence-electron chi connectivity index (χ1n) is 6.83. The van der Waals surface area contributed by atoms with Crippen molar-refractivity contribution in [1.29, 1.82) is 0 Å². The van der Waals surface area contributed by atoms with E-state index in [1.807, 2.05) is 43.3 Å². The average Bonchev–Trinajstić information content (AvgIpc) is 2.47. The Hall–Kier alpha value is -2.83. The molecule has 7 heteroatoms. The first kappa shape index (κ1) is 15.6. The molecule has 116 valence electrons. The van der Waals surface area contributed by atoms with E-state index in [9.17, 15) is 14.4 Å². The fraction of sp³-hybridized carbons (Fsp3) is 0.267. The molecule has 22 heavy (non-hydrogen) atoms. The van der Waals surface area contributed by atoms with Crippen molar-refractivity contribution < 1.29 is 4.79 Å². The molecule has 1 amide bonds. The molecule has 1 aromatic heterocycles. The summed E-state index contributed by atoms with van der Waals surface area (Å²) in [5.74, 6) is -0.198. The third-order valence-electron chi connectivity index (χ3n) is 3.14. The van der Waals surface area contributed by atoms with Gasteiger partial charge in [-0.1, -0.05) is 0 Å². The normalized spacial score (nSPS) is 10.3. The Bertz CT molecular complexity index is 759. The van der Waals surface area contributed by atoms with Gasteiger partial charge in [-0.3, -0.25) is 14.6 Å². The lowest BCUT2D eigenvalue weighted by Crippen LogP contribution is -2.29. The molecule has 0 aliphatic rings. The Labute approximate surface area is 127 Å². The number of aromatic amines is 1. The molecule has 2 N–H and O–H groups in total. The van der Waals surface area contributed by atoms with Gasteiger partial charge in [0, 0.05) is 50.7 Å². The molecule has 7 nitrogen and oxygen atoms in total. The third kappa shape index (κ3) is 4.08. The quantitative estimate of drug-likeness (QED) is 0.848. The number of H-pyrrole nitrogens is 1. The van der Waals surface area contributed by atoms with Crippen molar-refractivity contribution in [2.45, 2.75) is 13.0 Å². The molecule has 0 aliphatic carbocycles. The number of amides is 1. The molecule has 1 heterocycles. The monoisotopic (exact) mass is 302 g/mol. The minimum absolute atomic E-state index is 0.140. The highest BCUT2D eigenvalue weighted by molar-refractivity contribution is 5.90. The number of aryl methyl sites for hydroxylation is 1. The molecule has 0 spiro atoms. The Balaban J connectivity index is 1.92. The van der Waals surface area contributed by atoms with E-state index < -0.39 is 11.2 Å². The molecule has 0 radical (unpaired) electrons. The zero-order valence-electron chi connectivity index (χ0n) is 12.5. The fourth-order valence-corrected chi connectivity index (χ4v) is 1.91. The van der Waals surface area contributed by atoms with Crippen LogP contribution in [0.25, 0.3) is 0 Å². The van der Waals surface area contributed by atoms with E-state index in [4.69, 9.17) is 0 Å². The number of anilines is 2. The summed E-state index contributed by atoms with van der Waals surface area (Å²) in [6, 6.07) is 8.70. The van der Waals surface area contributed by atoms with Crippen LogP contribution in [0, 0.1) is 0 Å². The maximum absolute atomic E-state index is 11.9. The minimum atomic E-state index is -0.518. The summed E-state index contributed by atoms with van der Waals surface area (Å²) in [4.78, 5) is 38.4. The molecule has 0 saturated carbocycles. The van der Waals surface area contributed by atoms with Crippen molar-refractivity contribution in [3.05, 3.63) is 57.4 Å². The van der Waals surface area contributed by atoms with E-state index in [2.05, 4.69) is 10.3 Å². The second-order valence-corrected chi connectivity index (χ2v) is 5.04. The summed E-state index contributed by atoms with van der Waals surface area (Å²) < 4.78 is 1.29. The number of carbonyl (C=O) groups excluding carboxylic acids is 1. The van der Waals surface area contributed by atoms with Crippen LogP contribution in [0.3, 0.4) is 0 Å². The Morgan fingerprint density at radius 3 is 2.45 bits per heavy atom. The minimum Gasteiger partial charge on any atom is -0.378 e. The van der Waals surface area contributed by atoms with Gasteiger partial charge in [0.15, 0.2) is 0 Å². The summed E-state index contributed by atoms with van der Waals surface area (Å²) in [6.45, 7) is 0.206. The molecule has 0 saturated heterocycles. The van der Waals surface area contributed by atoms with Gasteiger partial charge in [0.1, 0.15) is 0 Å². The number of nitrogens with one attached hydrogen (secondary N) is 2. The van der Waals surface area contributed by atoms with Gasteiger partial charge in [-0.2, -0.15) is 0 Å². The highest BCUT2D eigenvalue weighted by Crippen LogP contribution is 2.15. The lowest BCUT2D eigenvalue weighted by atomic mass is 10.2. The van der Waals surface area contributed by atoms with Crippen LogP contribution < -0.4 is 21.5 Å². The van der Waals surface area contributed by atoms with E-state index >= 15 is 0 Å². The largest absolute Gasteiger partial charge is 0.378 e. The molecular weight excluding hydrogens is 284 g/mol. The SMILES string of the molecule is CN(C)c1ccc(NC(=O)CCn2ccc(=O)[nH]c2=O)cc1. The average molecular weight is 302 g/mol. The molecule has 1 aromatic carbocycles. The van der Waals surface area contributed by atoms with Crippen molar-refractivity contribution in [1.82, 2.24) is 9.55 Å². The number of rotatable bonds is 5. The number of aromatic nitrogens is 2. The molecule has 0 bridgehead atoms. The molecule has 2 aromatic rings. The highest BCUT2D eigenvalue weighted by atomic mass is 16.2. The van der Waals surface area contributed by atoms with Crippen molar-refractivity contribution in [3.63, 3.8) is 0 Å². The van der Waals surface area contributed by atoms with Crippen molar-refractivity contribution >= 4 is 17.3 Å². The zero-order chi connectivity index (χ0) is 16.1. The van der Waals surface area contributed by atoms with Crippen LogP contribution in [-0.2, 0) is 11.3 Å². The molecular formula is C15H18N4O3. The van der Waals surface area contributed by atoms with E-state index in [1.165, 1.54) is 16.8 Å². The van der Waals surface area contributed by atoms with E-state index in [0.29, 0.717) is 5.69 Å². The van der Waals surface area contributed by atoms with Crippen LogP contribution in [0.4, 0.5) is 11.4 Å². The first-order chi connectivity index (χ1) is 10.5. The summed E-state index contributed by atoms with van der Waals surface area (Å²) in [6.07, 6.45) is 1.52. The number of benzene rings is 1. The van der Waals surface area contributed by atoms with Crippen LogP contribution in [0.2, 0.25) is 0 Å². The maximum atomic E-state index is 11.9. The van der Waals surface area contributed by atoms with Crippen molar-refractivity contribution in [2.75, 3.05) is 24.3 Å². The van der Waals surface area contributed by atoms with Crippen molar-refractivity contribution in [3.8, 4) is 0 Å². The molecule has 0 unspecified atom stereocenters. The number of carbonyl (C=O) groups is 1. The van der Waals surface area contributed by atoms with Crippen LogP contribution in [-0.4, -0.2) is 29.6 Å². The standard InChI is InChI=1S/C15H18N4O3/c1-18(2)12-5-3-11(4-6-12)16-13(20)7-9-19-10-8-14(21)17-15(19)22/h3-6,8,10H,7,9H2,1-2H3,(H,16,20)(H,17,21,22). The lowest BCUT2D eigenvalue weighted by molar-refractivity contribution is -0.116. The topological polar surface area (TPSA) is 87.2 Å². The maximum Gasteiger partial charge on any atom is 0.328 e. The van der Waals surface area contributed by atoms with Crippen LogP contribution in [0.15, 0.2) is 46.1 Å². The van der Waals surface area contributed by atoms with Gasteiger partial charge in [0.05, 0.1) is 0 Å². The Morgan fingerprint density at radius 2 is 1.86 bits per heavy atom. The summed E-state index contributed by atoms with van der Waals surface area (Å²) >= 11 is 0. The molecule has 2 rings (SSSR count). The predicted octanol–water partition coefficient (Wildman–Crippen LogP) is 0.631. The Kier molecular flexibility index (Phi) is 4.77. The second kappa shape index (κ2) is 6.75. The number of nitrogens with zero attached hydrogens (tertiary/aromatic N) is 2. The second-order valence-electron chi connectivity index (χ2n) is 5.04. The van der Waals surface area contributed by atoms with E-state index in [1.54, 1.807) is 0 Å². The summed E-state index contributed by atoms with van der Waals surface area (Å²) in [5, 5.41) is 2.76. The fourth-order valence-electron chi connectivity index (χ4n) is 1.91. The highest BCUT2D eigenvalue weighted by Gasteiger charge is 2.04. The molecule has 0 aliphatic heterocycles. The van der Waals surface area contributed by atoms with E-state index in [0.717, 1.165) is 5.69 Å². The van der Waals surface area contributed by atoms with Gasteiger partial charge in [0.2, 0.25) is 5.91 Å². The molecule has 0 fully saturated rings. The van der Waals surface area contributed by atoms with Gasteiger partial charge >= 0.3 is 5.69 Å². The predicted molar refractivity (Wildman–Crippen MR) is 85.3 cm³/mol. The van der Waals surface area contributed by atoms with Crippen LogP contribution in [0.5, 0.6) is 0 Å².